The molecule has 1 atom stereocenters. The molecular formula is C15H20N4. The van der Waals surface area contributed by atoms with Gasteiger partial charge in [-0.05, 0) is 37.8 Å². The number of hydrogen-bond acceptors (Lipinski definition) is 3. The summed E-state index contributed by atoms with van der Waals surface area (Å²) in [6, 6.07) is 4.61. The van der Waals surface area contributed by atoms with Crippen LogP contribution in [0.2, 0.25) is 0 Å². The first-order valence-corrected chi connectivity index (χ1v) is 6.90. The first kappa shape index (κ1) is 12.4. The summed E-state index contributed by atoms with van der Waals surface area (Å²) in [4.78, 5) is 4.56. The second-order valence-electron chi connectivity index (χ2n) is 5.25. The molecule has 0 amide bonds. The van der Waals surface area contributed by atoms with Crippen molar-refractivity contribution in [3.8, 4) is 0 Å². The molecule has 0 bridgehead atoms. The number of aryl methyl sites for hydroxylation is 2. The Morgan fingerprint density at radius 2 is 2.37 bits per heavy atom. The first-order valence-electron chi connectivity index (χ1n) is 6.90. The normalized spacial score (nSPS) is 18.3. The Kier molecular flexibility index (Phi) is 3.34. The van der Waals surface area contributed by atoms with Crippen molar-refractivity contribution in [1.82, 2.24) is 20.1 Å². The van der Waals surface area contributed by atoms with Crippen LogP contribution in [0.1, 0.15) is 41.4 Å². The second-order valence-corrected chi connectivity index (χ2v) is 5.25. The van der Waals surface area contributed by atoms with Crippen LogP contribution in [0.4, 0.5) is 0 Å². The fourth-order valence-electron chi connectivity index (χ4n) is 2.76. The summed E-state index contributed by atoms with van der Waals surface area (Å²) in [6.45, 7) is 2.97. The van der Waals surface area contributed by atoms with Gasteiger partial charge >= 0.3 is 0 Å². The molecule has 1 N–H and O–H groups in total. The molecule has 4 nitrogen and oxygen atoms in total. The Bertz CT molecular complexity index is 573. The first-order chi connectivity index (χ1) is 9.25. The molecule has 1 aliphatic carbocycles. The molecule has 0 aromatic carbocycles. The molecule has 19 heavy (non-hydrogen) atoms. The van der Waals surface area contributed by atoms with Crippen LogP contribution in [0.15, 0.2) is 24.5 Å². The minimum Gasteiger partial charge on any atom is -0.304 e. The summed E-state index contributed by atoms with van der Waals surface area (Å²) in [6.07, 6.45) is 7.41. The van der Waals surface area contributed by atoms with Crippen LogP contribution in [0.5, 0.6) is 0 Å². The zero-order valence-corrected chi connectivity index (χ0v) is 11.6. The maximum absolute atomic E-state index is 4.56. The van der Waals surface area contributed by atoms with Crippen molar-refractivity contribution in [2.45, 2.75) is 38.8 Å². The molecule has 0 spiro atoms. The van der Waals surface area contributed by atoms with Gasteiger partial charge in [-0.15, -0.1) is 0 Å². The molecule has 0 aliphatic heterocycles. The smallest absolute Gasteiger partial charge is 0.0605 e. The van der Waals surface area contributed by atoms with Crippen LogP contribution in [0.25, 0.3) is 0 Å². The van der Waals surface area contributed by atoms with Gasteiger partial charge in [-0.2, -0.15) is 5.10 Å². The lowest BCUT2D eigenvalue weighted by Crippen LogP contribution is -2.26. The van der Waals surface area contributed by atoms with E-state index in [1.807, 2.05) is 30.2 Å². The quantitative estimate of drug-likeness (QED) is 0.916. The molecule has 0 saturated carbocycles. The highest BCUT2D eigenvalue weighted by Gasteiger charge is 2.20. The number of fused-ring (bicyclic) bond motifs is 1. The highest BCUT2D eigenvalue weighted by molar-refractivity contribution is 5.26. The number of hydrogen-bond donors (Lipinski definition) is 1. The third-order valence-corrected chi connectivity index (χ3v) is 4.07. The molecule has 4 heteroatoms. The van der Waals surface area contributed by atoms with Gasteiger partial charge in [-0.25, -0.2) is 0 Å². The predicted molar refractivity (Wildman–Crippen MR) is 74.7 cm³/mol. The minimum atomic E-state index is 0.379. The molecule has 0 fully saturated rings. The lowest BCUT2D eigenvalue weighted by Gasteiger charge is -2.25. The summed E-state index contributed by atoms with van der Waals surface area (Å²) in [7, 11) is 1.98. The van der Waals surface area contributed by atoms with Crippen molar-refractivity contribution in [2.75, 3.05) is 0 Å². The molecular weight excluding hydrogens is 236 g/mol. The van der Waals surface area contributed by atoms with Gasteiger partial charge in [0, 0.05) is 31.0 Å². The van der Waals surface area contributed by atoms with Crippen molar-refractivity contribution < 1.29 is 0 Å². The van der Waals surface area contributed by atoms with Crippen LogP contribution in [-0.2, 0) is 20.0 Å². The summed E-state index contributed by atoms with van der Waals surface area (Å²) < 4.78 is 1.92. The number of aromatic nitrogens is 3. The lowest BCUT2D eigenvalue weighted by atomic mass is 9.92. The molecule has 2 aromatic heterocycles. The van der Waals surface area contributed by atoms with Gasteiger partial charge in [0.05, 0.1) is 17.9 Å². The zero-order valence-electron chi connectivity index (χ0n) is 11.6. The Labute approximate surface area is 113 Å². The highest BCUT2D eigenvalue weighted by Crippen LogP contribution is 2.27. The molecule has 0 radical (unpaired) electrons. The summed E-state index contributed by atoms with van der Waals surface area (Å²) >= 11 is 0. The van der Waals surface area contributed by atoms with Crippen LogP contribution < -0.4 is 5.32 Å². The molecule has 2 heterocycles. The number of pyridine rings is 1. The largest absolute Gasteiger partial charge is 0.304 e. The van der Waals surface area contributed by atoms with E-state index in [9.17, 15) is 0 Å². The molecule has 3 rings (SSSR count). The number of nitrogens with zero attached hydrogens (tertiary/aromatic N) is 3. The van der Waals surface area contributed by atoms with E-state index < -0.39 is 0 Å². The van der Waals surface area contributed by atoms with Crippen LogP contribution >= 0.6 is 0 Å². The maximum Gasteiger partial charge on any atom is 0.0605 e. The molecule has 1 unspecified atom stereocenters. The Balaban J connectivity index is 1.73. The summed E-state index contributed by atoms with van der Waals surface area (Å²) in [5.41, 5.74) is 5.12. The van der Waals surface area contributed by atoms with Crippen molar-refractivity contribution >= 4 is 0 Å². The standard InChI is InChI=1S/C15H20N4/c1-11-13(10-18-19(11)2)9-17-14-7-3-5-12-6-4-8-16-15(12)14/h4,6,8,10,14,17H,3,5,7,9H2,1-2H3. The van der Waals surface area contributed by atoms with Gasteiger partial charge < -0.3 is 5.32 Å². The van der Waals surface area contributed by atoms with Gasteiger partial charge in [-0.1, -0.05) is 6.07 Å². The van der Waals surface area contributed by atoms with Gasteiger partial charge in [0.2, 0.25) is 0 Å². The third kappa shape index (κ3) is 2.40. The molecule has 2 aromatic rings. The monoisotopic (exact) mass is 256 g/mol. The Morgan fingerprint density at radius 3 is 3.16 bits per heavy atom. The minimum absolute atomic E-state index is 0.379. The fraction of sp³-hybridized carbons (Fsp3) is 0.467. The van der Waals surface area contributed by atoms with Crippen molar-refractivity contribution in [1.29, 1.82) is 0 Å². The van der Waals surface area contributed by atoms with Gasteiger partial charge in [0.15, 0.2) is 0 Å². The number of nitrogens with one attached hydrogen (secondary N) is 1. The van der Waals surface area contributed by atoms with Crippen LogP contribution in [0, 0.1) is 6.92 Å². The van der Waals surface area contributed by atoms with E-state index in [2.05, 4.69) is 28.4 Å². The topological polar surface area (TPSA) is 42.7 Å². The SMILES string of the molecule is Cc1c(CNC2CCCc3cccnc32)cnn1C. The summed E-state index contributed by atoms with van der Waals surface area (Å²) in [5, 5.41) is 7.92. The van der Waals surface area contributed by atoms with E-state index in [0.29, 0.717) is 6.04 Å². The second kappa shape index (κ2) is 5.13. The van der Waals surface area contributed by atoms with Crippen molar-refractivity contribution in [3.63, 3.8) is 0 Å². The average molecular weight is 256 g/mol. The summed E-state index contributed by atoms with van der Waals surface area (Å²) in [5.74, 6) is 0. The lowest BCUT2D eigenvalue weighted by molar-refractivity contribution is 0.447. The molecule has 1 aliphatic rings. The van der Waals surface area contributed by atoms with Gasteiger partial charge in [0.1, 0.15) is 0 Å². The number of rotatable bonds is 3. The average Bonchev–Trinajstić information content (AvgIpc) is 2.76. The van der Waals surface area contributed by atoms with E-state index in [1.54, 1.807) is 0 Å². The maximum atomic E-state index is 4.56. The Hall–Kier alpha value is -1.68. The Morgan fingerprint density at radius 1 is 1.47 bits per heavy atom. The van der Waals surface area contributed by atoms with Gasteiger partial charge in [-0.3, -0.25) is 9.67 Å². The van der Waals surface area contributed by atoms with E-state index in [-0.39, 0.29) is 0 Å². The fourth-order valence-corrected chi connectivity index (χ4v) is 2.76. The van der Waals surface area contributed by atoms with E-state index in [0.717, 1.165) is 13.0 Å². The van der Waals surface area contributed by atoms with E-state index in [1.165, 1.54) is 35.4 Å². The van der Waals surface area contributed by atoms with Crippen LogP contribution in [-0.4, -0.2) is 14.8 Å². The predicted octanol–water partition coefficient (Wildman–Crippen LogP) is 2.29. The van der Waals surface area contributed by atoms with Crippen molar-refractivity contribution in [3.05, 3.63) is 47.0 Å². The van der Waals surface area contributed by atoms with Crippen LogP contribution in [0.3, 0.4) is 0 Å². The van der Waals surface area contributed by atoms with Crippen molar-refractivity contribution in [2.24, 2.45) is 7.05 Å². The molecule has 0 saturated heterocycles. The third-order valence-electron chi connectivity index (χ3n) is 4.07. The van der Waals surface area contributed by atoms with E-state index in [4.69, 9.17) is 0 Å². The highest BCUT2D eigenvalue weighted by atomic mass is 15.3. The zero-order chi connectivity index (χ0) is 13.2. The molecule has 100 valence electrons. The van der Waals surface area contributed by atoms with Gasteiger partial charge in [0.25, 0.3) is 0 Å². The van der Waals surface area contributed by atoms with E-state index >= 15 is 0 Å².